The Morgan fingerprint density at radius 3 is 1.85 bits per heavy atom. The van der Waals surface area contributed by atoms with Gasteiger partial charge in [0.15, 0.2) is 0 Å². The zero-order valence-electron chi connectivity index (χ0n) is 22.7. The molecular weight excluding hydrogens is 502 g/mol. The maximum Gasteiger partial charge on any atom is 0.237 e. The third-order valence-corrected chi connectivity index (χ3v) is 8.97. The van der Waals surface area contributed by atoms with Crippen molar-refractivity contribution in [2.45, 2.75) is 19.3 Å². The van der Waals surface area contributed by atoms with Gasteiger partial charge in [0, 0.05) is 32.6 Å². The second kappa shape index (κ2) is 7.89. The number of rotatable bonds is 2. The van der Waals surface area contributed by atoms with Gasteiger partial charge in [-0.05, 0) is 46.5 Å². The molecule has 41 heavy (non-hydrogen) atoms. The number of para-hydroxylation sites is 2. The molecule has 0 unspecified atom stereocenters. The van der Waals surface area contributed by atoms with Crippen LogP contribution in [0.4, 0.5) is 0 Å². The lowest BCUT2D eigenvalue weighted by Gasteiger charge is -2.21. The fourth-order valence-corrected chi connectivity index (χ4v) is 7.17. The number of fused-ring (bicyclic) bond motifs is 10. The van der Waals surface area contributed by atoms with Crippen LogP contribution in [0.25, 0.3) is 66.4 Å². The minimum Gasteiger partial charge on any atom is -0.307 e. The fourth-order valence-electron chi connectivity index (χ4n) is 7.17. The lowest BCUT2D eigenvalue weighted by molar-refractivity contribution is 0.660. The predicted molar refractivity (Wildman–Crippen MR) is 166 cm³/mol. The molecule has 0 bridgehead atoms. The van der Waals surface area contributed by atoms with Crippen LogP contribution in [-0.4, -0.2) is 24.1 Å². The first-order valence-corrected chi connectivity index (χ1v) is 14.0. The molecule has 8 aromatic rings. The normalized spacial score (nSPS) is 13.8. The molecule has 0 fully saturated rings. The smallest absolute Gasteiger partial charge is 0.237 e. The molecule has 5 nitrogen and oxygen atoms in total. The van der Waals surface area contributed by atoms with Gasteiger partial charge in [-0.3, -0.25) is 4.57 Å². The first-order chi connectivity index (χ1) is 20.1. The van der Waals surface area contributed by atoms with Gasteiger partial charge in [0.2, 0.25) is 5.95 Å². The van der Waals surface area contributed by atoms with Crippen LogP contribution in [0.5, 0.6) is 0 Å². The molecule has 0 saturated heterocycles. The van der Waals surface area contributed by atoms with Gasteiger partial charge >= 0.3 is 0 Å². The summed E-state index contributed by atoms with van der Waals surface area (Å²) in [7, 11) is 0. The quantitative estimate of drug-likeness (QED) is 0.227. The molecule has 0 radical (unpaired) electrons. The first kappa shape index (κ1) is 22.5. The molecule has 0 saturated carbocycles. The molecule has 0 atom stereocenters. The van der Waals surface area contributed by atoms with Crippen molar-refractivity contribution in [2.24, 2.45) is 0 Å². The van der Waals surface area contributed by atoms with E-state index in [0.717, 1.165) is 22.2 Å². The van der Waals surface area contributed by atoms with Crippen LogP contribution in [0.15, 0.2) is 116 Å². The van der Waals surface area contributed by atoms with E-state index in [1.165, 1.54) is 49.3 Å². The van der Waals surface area contributed by atoms with Crippen molar-refractivity contribution in [3.63, 3.8) is 0 Å². The van der Waals surface area contributed by atoms with Crippen molar-refractivity contribution in [1.29, 1.82) is 0 Å². The highest BCUT2D eigenvalue weighted by Crippen LogP contribution is 2.50. The third-order valence-electron chi connectivity index (χ3n) is 8.97. The monoisotopic (exact) mass is 527 g/mol. The Labute approximate surface area is 236 Å². The van der Waals surface area contributed by atoms with Crippen LogP contribution in [0, 0.1) is 0 Å². The van der Waals surface area contributed by atoms with Crippen LogP contribution in [0.3, 0.4) is 0 Å². The lowest BCUT2D eigenvalue weighted by atomic mass is 9.82. The molecule has 5 heteroatoms. The number of aromatic nitrogens is 5. The summed E-state index contributed by atoms with van der Waals surface area (Å²) in [6.07, 6.45) is 3.14. The van der Waals surface area contributed by atoms with Crippen molar-refractivity contribution in [3.8, 4) is 22.8 Å². The van der Waals surface area contributed by atoms with Gasteiger partial charge in [-0.25, -0.2) is 15.0 Å². The topological polar surface area (TPSA) is 48.5 Å². The largest absolute Gasteiger partial charge is 0.307 e. The number of benzene rings is 5. The Morgan fingerprint density at radius 2 is 1.12 bits per heavy atom. The molecule has 1 aliphatic carbocycles. The molecule has 9 rings (SSSR count). The van der Waals surface area contributed by atoms with Crippen molar-refractivity contribution < 1.29 is 0 Å². The van der Waals surface area contributed by atoms with E-state index in [0.29, 0.717) is 5.95 Å². The highest BCUT2D eigenvalue weighted by atomic mass is 15.2. The van der Waals surface area contributed by atoms with Crippen LogP contribution in [0.2, 0.25) is 0 Å². The van der Waals surface area contributed by atoms with E-state index in [4.69, 9.17) is 0 Å². The summed E-state index contributed by atoms with van der Waals surface area (Å²) in [6, 6.07) is 37.5. The Morgan fingerprint density at radius 1 is 0.537 bits per heavy atom. The first-order valence-electron chi connectivity index (χ1n) is 14.0. The number of nitrogens with zero attached hydrogens (tertiary/aromatic N) is 5. The van der Waals surface area contributed by atoms with E-state index < -0.39 is 0 Å². The minimum absolute atomic E-state index is 0.0380. The molecule has 194 valence electrons. The van der Waals surface area contributed by atoms with Crippen molar-refractivity contribution in [2.75, 3.05) is 0 Å². The van der Waals surface area contributed by atoms with Crippen LogP contribution >= 0.6 is 0 Å². The molecule has 3 heterocycles. The van der Waals surface area contributed by atoms with Gasteiger partial charge in [0.1, 0.15) is 12.7 Å². The fraction of sp³-hybridized carbons (Fsp3) is 0.0833. The van der Waals surface area contributed by atoms with E-state index in [9.17, 15) is 0 Å². The van der Waals surface area contributed by atoms with Crippen molar-refractivity contribution in [1.82, 2.24) is 24.1 Å². The predicted octanol–water partition coefficient (Wildman–Crippen LogP) is 8.37. The van der Waals surface area contributed by atoms with Gasteiger partial charge in [-0.1, -0.05) is 92.7 Å². The van der Waals surface area contributed by atoms with Crippen molar-refractivity contribution >= 4 is 43.6 Å². The number of hydrogen-bond acceptors (Lipinski definition) is 3. The van der Waals surface area contributed by atoms with Gasteiger partial charge < -0.3 is 4.57 Å². The SMILES string of the molecule is CC1(C)c2ccccc2-c2cc(-n3c4ccccc4c4ccc5c6ccccc6n(-c6ncncn6)c5c43)ccc21. The molecule has 0 N–H and O–H groups in total. The summed E-state index contributed by atoms with van der Waals surface area (Å²) in [5.41, 5.74) is 11.0. The molecule has 0 spiro atoms. The molecular formula is C36H25N5. The number of hydrogen-bond donors (Lipinski definition) is 0. The second-order valence-corrected chi connectivity index (χ2v) is 11.4. The second-order valence-electron chi connectivity index (χ2n) is 11.4. The molecule has 0 amide bonds. The van der Waals surface area contributed by atoms with Gasteiger partial charge in [-0.15, -0.1) is 0 Å². The maximum atomic E-state index is 4.60. The van der Waals surface area contributed by atoms with Crippen LogP contribution in [0.1, 0.15) is 25.0 Å². The molecule has 1 aliphatic rings. The lowest BCUT2D eigenvalue weighted by Crippen LogP contribution is -2.14. The van der Waals surface area contributed by atoms with Gasteiger partial charge in [0.05, 0.1) is 22.1 Å². The summed E-state index contributed by atoms with van der Waals surface area (Å²) in [5, 5.41) is 4.77. The van der Waals surface area contributed by atoms with Crippen molar-refractivity contribution in [3.05, 3.63) is 127 Å². The highest BCUT2D eigenvalue weighted by molar-refractivity contribution is 6.23. The average molecular weight is 528 g/mol. The van der Waals surface area contributed by atoms with Gasteiger partial charge in [0.25, 0.3) is 0 Å². The molecule has 5 aromatic carbocycles. The Bertz CT molecular complexity index is 2340. The average Bonchev–Trinajstić information content (AvgIpc) is 3.61. The summed E-state index contributed by atoms with van der Waals surface area (Å²) in [5.74, 6) is 0.611. The van der Waals surface area contributed by atoms with E-state index in [2.05, 4.69) is 141 Å². The zero-order valence-corrected chi connectivity index (χ0v) is 22.7. The summed E-state index contributed by atoms with van der Waals surface area (Å²) in [4.78, 5) is 13.3. The Hall–Kier alpha value is -5.29. The standard InChI is InChI=1S/C36H25N5/c1-36(2)29-12-6-3-9-23(29)28-19-22(15-18-30(28)36)40-31-13-7-4-10-24(31)26-16-17-27-25-11-5-8-14-32(25)41(34(27)33(26)40)35-38-20-37-21-39-35/h3-21H,1-2H3. The Balaban J connectivity index is 1.47. The van der Waals surface area contributed by atoms with Crippen LogP contribution < -0.4 is 0 Å². The minimum atomic E-state index is -0.0380. The maximum absolute atomic E-state index is 4.60. The van der Waals surface area contributed by atoms with E-state index in [-0.39, 0.29) is 5.41 Å². The van der Waals surface area contributed by atoms with Crippen LogP contribution in [-0.2, 0) is 5.41 Å². The molecule has 0 aliphatic heterocycles. The summed E-state index contributed by atoms with van der Waals surface area (Å²) in [6.45, 7) is 4.66. The summed E-state index contributed by atoms with van der Waals surface area (Å²) >= 11 is 0. The Kier molecular flexibility index (Phi) is 4.33. The summed E-state index contributed by atoms with van der Waals surface area (Å²) < 4.78 is 4.62. The van der Waals surface area contributed by atoms with E-state index in [1.54, 1.807) is 12.7 Å². The van der Waals surface area contributed by atoms with E-state index in [1.807, 2.05) is 0 Å². The van der Waals surface area contributed by atoms with E-state index >= 15 is 0 Å². The highest BCUT2D eigenvalue weighted by Gasteiger charge is 2.35. The van der Waals surface area contributed by atoms with Gasteiger partial charge in [-0.2, -0.15) is 0 Å². The third kappa shape index (κ3) is 2.87. The molecule has 3 aromatic heterocycles. The zero-order chi connectivity index (χ0) is 27.3.